The average molecular weight is 415 g/mol. The van der Waals surface area contributed by atoms with Crippen molar-refractivity contribution >= 4 is 35.2 Å². The summed E-state index contributed by atoms with van der Waals surface area (Å²) in [4.78, 5) is 25.7. The van der Waals surface area contributed by atoms with Gasteiger partial charge in [-0.1, -0.05) is 23.7 Å². The van der Waals surface area contributed by atoms with E-state index >= 15 is 0 Å². The Morgan fingerprint density at radius 3 is 2.59 bits per heavy atom. The Labute approximate surface area is 175 Å². The van der Waals surface area contributed by atoms with Crippen molar-refractivity contribution in [2.24, 2.45) is 0 Å². The number of rotatable bonds is 7. The van der Waals surface area contributed by atoms with Crippen molar-refractivity contribution in [3.8, 4) is 11.5 Å². The van der Waals surface area contributed by atoms with E-state index in [4.69, 9.17) is 21.1 Å². The molecule has 0 unspecified atom stereocenters. The molecule has 152 valence electrons. The van der Waals surface area contributed by atoms with Crippen LogP contribution in [0.15, 0.2) is 42.5 Å². The quantitative estimate of drug-likeness (QED) is 0.699. The highest BCUT2D eigenvalue weighted by Crippen LogP contribution is 2.36. The van der Waals surface area contributed by atoms with Crippen LogP contribution in [0.5, 0.6) is 11.5 Å². The Balaban J connectivity index is 1.57. The Morgan fingerprint density at radius 1 is 1.21 bits per heavy atom. The lowest BCUT2D eigenvalue weighted by molar-refractivity contribution is -0.117. The van der Waals surface area contributed by atoms with Crippen molar-refractivity contribution in [3.05, 3.63) is 58.6 Å². The van der Waals surface area contributed by atoms with E-state index in [0.717, 1.165) is 29.8 Å². The van der Waals surface area contributed by atoms with E-state index < -0.39 is 0 Å². The van der Waals surface area contributed by atoms with Crippen LogP contribution in [0.25, 0.3) is 6.08 Å². The summed E-state index contributed by atoms with van der Waals surface area (Å²) in [6.45, 7) is 1.16. The minimum absolute atomic E-state index is 0.159. The molecule has 0 atom stereocenters. The van der Waals surface area contributed by atoms with Crippen molar-refractivity contribution in [2.75, 3.05) is 25.7 Å². The largest absolute Gasteiger partial charge is 0.493 e. The van der Waals surface area contributed by atoms with Crippen molar-refractivity contribution < 1.29 is 19.1 Å². The molecule has 0 bridgehead atoms. The maximum atomic E-state index is 12.1. The summed E-state index contributed by atoms with van der Waals surface area (Å²) in [7, 11) is 3.04. The number of benzene rings is 2. The Kier molecular flexibility index (Phi) is 6.77. The van der Waals surface area contributed by atoms with Crippen molar-refractivity contribution in [1.82, 2.24) is 5.32 Å². The van der Waals surface area contributed by atoms with Gasteiger partial charge in [-0.05, 0) is 47.9 Å². The summed E-state index contributed by atoms with van der Waals surface area (Å²) in [6.07, 6.45) is 4.60. The van der Waals surface area contributed by atoms with Gasteiger partial charge in [0.25, 0.3) is 0 Å². The third-order valence-electron chi connectivity index (χ3n) is 4.67. The summed E-state index contributed by atoms with van der Waals surface area (Å²) < 4.78 is 10.5. The normalized spacial score (nSPS) is 13.8. The molecule has 29 heavy (non-hydrogen) atoms. The topological polar surface area (TPSA) is 67.9 Å². The molecule has 1 aliphatic rings. The molecule has 3 rings (SSSR count). The monoisotopic (exact) mass is 414 g/mol. The summed E-state index contributed by atoms with van der Waals surface area (Å²) in [5, 5.41) is 3.24. The molecule has 1 fully saturated rings. The molecule has 0 spiro atoms. The number of ether oxygens (including phenoxy) is 2. The van der Waals surface area contributed by atoms with Crippen LogP contribution in [0.3, 0.4) is 0 Å². The standard InChI is InChI=1S/C22H23ClN2O4/c1-28-19-13-16(12-18(23)22(19)29-2)7-10-20(26)24-14-15-5-8-17(9-6-15)25-11-3-4-21(25)27/h5-10,12-13H,3-4,11,14H2,1-2H3,(H,24,26)/b10-7+. The number of anilines is 1. The minimum Gasteiger partial charge on any atom is -0.493 e. The van der Waals surface area contributed by atoms with Gasteiger partial charge >= 0.3 is 0 Å². The van der Waals surface area contributed by atoms with Crippen molar-refractivity contribution in [1.29, 1.82) is 0 Å². The first-order valence-electron chi connectivity index (χ1n) is 9.28. The van der Waals surface area contributed by atoms with Crippen LogP contribution in [0.1, 0.15) is 24.0 Å². The van der Waals surface area contributed by atoms with Crippen LogP contribution in [-0.2, 0) is 16.1 Å². The van der Waals surface area contributed by atoms with E-state index in [1.165, 1.54) is 20.3 Å². The van der Waals surface area contributed by atoms with Gasteiger partial charge in [0.05, 0.1) is 19.2 Å². The summed E-state index contributed by atoms with van der Waals surface area (Å²) >= 11 is 6.17. The molecule has 6 nitrogen and oxygen atoms in total. The fraction of sp³-hybridized carbons (Fsp3) is 0.273. The van der Waals surface area contributed by atoms with Gasteiger partial charge in [0.1, 0.15) is 0 Å². The molecule has 1 aliphatic heterocycles. The van der Waals surface area contributed by atoms with Gasteiger partial charge < -0.3 is 19.7 Å². The average Bonchev–Trinajstić information content (AvgIpc) is 3.16. The minimum atomic E-state index is -0.227. The maximum Gasteiger partial charge on any atom is 0.244 e. The summed E-state index contributed by atoms with van der Waals surface area (Å²) in [6, 6.07) is 11.1. The number of nitrogens with zero attached hydrogens (tertiary/aromatic N) is 1. The van der Waals surface area contributed by atoms with E-state index in [9.17, 15) is 9.59 Å². The first-order valence-corrected chi connectivity index (χ1v) is 9.66. The molecular weight excluding hydrogens is 392 g/mol. The lowest BCUT2D eigenvalue weighted by Gasteiger charge is -2.15. The zero-order valence-corrected chi connectivity index (χ0v) is 17.2. The first-order chi connectivity index (χ1) is 14.0. The van der Waals surface area contributed by atoms with Crippen molar-refractivity contribution in [2.45, 2.75) is 19.4 Å². The van der Waals surface area contributed by atoms with Gasteiger partial charge in [-0.2, -0.15) is 0 Å². The zero-order valence-electron chi connectivity index (χ0n) is 16.4. The number of hydrogen-bond acceptors (Lipinski definition) is 4. The molecule has 0 radical (unpaired) electrons. The maximum absolute atomic E-state index is 12.1. The molecule has 7 heteroatoms. The van der Waals surface area contributed by atoms with Gasteiger partial charge in [-0.15, -0.1) is 0 Å². The molecule has 2 aromatic carbocycles. The van der Waals surface area contributed by atoms with Crippen LogP contribution in [0.4, 0.5) is 5.69 Å². The van der Waals surface area contributed by atoms with Crippen LogP contribution < -0.4 is 19.7 Å². The van der Waals surface area contributed by atoms with Crippen molar-refractivity contribution in [3.63, 3.8) is 0 Å². The van der Waals surface area contributed by atoms with Gasteiger partial charge in [-0.3, -0.25) is 9.59 Å². The smallest absolute Gasteiger partial charge is 0.244 e. The SMILES string of the molecule is COc1cc(/C=C/C(=O)NCc2ccc(N3CCCC3=O)cc2)cc(Cl)c1OC. The third kappa shape index (κ3) is 5.09. The Bertz CT molecular complexity index is 925. The summed E-state index contributed by atoms with van der Waals surface area (Å²) in [5.41, 5.74) is 2.58. The number of amides is 2. The first kappa shape index (κ1) is 20.7. The van der Waals surface area contributed by atoms with E-state index in [0.29, 0.717) is 29.5 Å². The van der Waals surface area contributed by atoms with Gasteiger partial charge in [0, 0.05) is 31.3 Å². The van der Waals surface area contributed by atoms with Gasteiger partial charge in [0.15, 0.2) is 11.5 Å². The number of nitrogens with one attached hydrogen (secondary N) is 1. The fourth-order valence-corrected chi connectivity index (χ4v) is 3.47. The summed E-state index contributed by atoms with van der Waals surface area (Å²) in [5.74, 6) is 0.882. The number of carbonyl (C=O) groups is 2. The van der Waals surface area contributed by atoms with E-state index in [2.05, 4.69) is 5.32 Å². The Morgan fingerprint density at radius 2 is 1.97 bits per heavy atom. The van der Waals surface area contributed by atoms with Gasteiger partial charge in [0.2, 0.25) is 11.8 Å². The molecule has 1 saturated heterocycles. The predicted octanol–water partition coefficient (Wildman–Crippen LogP) is 3.81. The highest BCUT2D eigenvalue weighted by atomic mass is 35.5. The molecule has 2 amide bonds. The highest BCUT2D eigenvalue weighted by Gasteiger charge is 2.21. The fourth-order valence-electron chi connectivity index (χ4n) is 3.17. The second kappa shape index (κ2) is 9.47. The second-order valence-electron chi connectivity index (χ2n) is 6.60. The number of hydrogen-bond donors (Lipinski definition) is 1. The van der Waals surface area contributed by atoms with Crippen LogP contribution in [0, 0.1) is 0 Å². The van der Waals surface area contributed by atoms with Gasteiger partial charge in [-0.25, -0.2) is 0 Å². The van der Waals surface area contributed by atoms with Crippen LogP contribution in [-0.4, -0.2) is 32.6 Å². The molecule has 1 heterocycles. The zero-order chi connectivity index (χ0) is 20.8. The predicted molar refractivity (Wildman–Crippen MR) is 113 cm³/mol. The molecule has 0 aliphatic carbocycles. The number of methoxy groups -OCH3 is 2. The lowest BCUT2D eigenvalue weighted by Crippen LogP contribution is -2.23. The third-order valence-corrected chi connectivity index (χ3v) is 4.95. The molecule has 0 saturated carbocycles. The lowest BCUT2D eigenvalue weighted by atomic mass is 10.1. The van der Waals surface area contributed by atoms with E-state index in [-0.39, 0.29) is 11.8 Å². The molecule has 0 aromatic heterocycles. The Hall–Kier alpha value is -2.99. The molecular formula is C22H23ClN2O4. The number of carbonyl (C=O) groups excluding carboxylic acids is 2. The van der Waals surface area contributed by atoms with Crippen LogP contribution >= 0.6 is 11.6 Å². The molecule has 2 aromatic rings. The number of halogens is 1. The molecule has 1 N–H and O–H groups in total. The highest BCUT2D eigenvalue weighted by molar-refractivity contribution is 6.32. The van der Waals surface area contributed by atoms with Crippen LogP contribution in [0.2, 0.25) is 5.02 Å². The van der Waals surface area contributed by atoms with E-state index in [1.807, 2.05) is 24.3 Å². The van der Waals surface area contributed by atoms with E-state index in [1.54, 1.807) is 23.1 Å². The second-order valence-corrected chi connectivity index (χ2v) is 7.01.